The number of carbonyl (C=O) groups is 2. The second-order valence-electron chi connectivity index (χ2n) is 6.23. The van der Waals surface area contributed by atoms with Crippen molar-refractivity contribution in [3.8, 4) is 0 Å². The minimum Gasteiger partial charge on any atom is -0.378 e. The van der Waals surface area contributed by atoms with Crippen molar-refractivity contribution in [2.45, 2.75) is 26.4 Å². The quantitative estimate of drug-likeness (QED) is 0.744. The summed E-state index contributed by atoms with van der Waals surface area (Å²) in [5.74, 6) is -0.170. The fourth-order valence-corrected chi connectivity index (χ4v) is 2.08. The van der Waals surface area contributed by atoms with E-state index in [1.807, 2.05) is 57.1 Å². The predicted molar refractivity (Wildman–Crippen MR) is 93.4 cm³/mol. The average Bonchev–Trinajstić information content (AvgIpc) is 2.44. The number of carbonyl (C=O) groups excluding carboxylic acids is 2. The largest absolute Gasteiger partial charge is 0.378 e. The molecule has 6 heteroatoms. The van der Waals surface area contributed by atoms with E-state index < -0.39 is 0 Å². The lowest BCUT2D eigenvalue weighted by Crippen LogP contribution is -2.42. The Kier molecular flexibility index (Phi) is 7.54. The van der Waals surface area contributed by atoms with Crippen LogP contribution in [0.1, 0.15) is 19.4 Å². The average molecular weight is 320 g/mol. The van der Waals surface area contributed by atoms with Crippen molar-refractivity contribution in [3.63, 3.8) is 0 Å². The number of amides is 2. The van der Waals surface area contributed by atoms with Gasteiger partial charge in [-0.25, -0.2) is 0 Å². The number of nitrogens with zero attached hydrogens (tertiary/aromatic N) is 2. The summed E-state index contributed by atoms with van der Waals surface area (Å²) in [6, 6.07) is 8.13. The molecule has 0 aliphatic carbocycles. The molecule has 0 bridgehead atoms. The summed E-state index contributed by atoms with van der Waals surface area (Å²) in [6.45, 7) is 4.71. The zero-order valence-electron chi connectivity index (χ0n) is 14.7. The van der Waals surface area contributed by atoms with Gasteiger partial charge >= 0.3 is 0 Å². The first-order valence-electron chi connectivity index (χ1n) is 7.78. The van der Waals surface area contributed by atoms with Crippen molar-refractivity contribution in [3.05, 3.63) is 29.8 Å². The van der Waals surface area contributed by atoms with E-state index in [0.717, 1.165) is 11.3 Å². The van der Waals surface area contributed by atoms with Gasteiger partial charge in [0, 0.05) is 32.4 Å². The first-order valence-corrected chi connectivity index (χ1v) is 7.78. The van der Waals surface area contributed by atoms with Gasteiger partial charge in [0.05, 0.1) is 13.1 Å². The van der Waals surface area contributed by atoms with Gasteiger partial charge in [0.15, 0.2) is 0 Å². The molecule has 0 heterocycles. The molecular formula is C17H28N4O2. The molecule has 0 aliphatic heterocycles. The molecule has 0 saturated carbocycles. The Balaban J connectivity index is 2.34. The van der Waals surface area contributed by atoms with Crippen LogP contribution in [0, 0.1) is 0 Å². The zero-order chi connectivity index (χ0) is 17.4. The lowest BCUT2D eigenvalue weighted by molar-refractivity contribution is -0.124. The van der Waals surface area contributed by atoms with Crippen LogP contribution in [0.4, 0.5) is 5.69 Å². The summed E-state index contributed by atoms with van der Waals surface area (Å²) in [6.07, 6.45) is 0. The fraction of sp³-hybridized carbons (Fsp3) is 0.529. The molecule has 0 aromatic heterocycles. The topological polar surface area (TPSA) is 64.7 Å². The van der Waals surface area contributed by atoms with Crippen LogP contribution in [0.15, 0.2) is 24.3 Å². The molecule has 0 spiro atoms. The summed E-state index contributed by atoms with van der Waals surface area (Å²) in [5.41, 5.74) is 2.17. The highest BCUT2D eigenvalue weighted by Gasteiger charge is 2.11. The molecular weight excluding hydrogens is 292 g/mol. The van der Waals surface area contributed by atoms with E-state index >= 15 is 0 Å². The van der Waals surface area contributed by atoms with Crippen LogP contribution >= 0.6 is 0 Å². The van der Waals surface area contributed by atoms with Crippen molar-refractivity contribution < 1.29 is 9.59 Å². The monoisotopic (exact) mass is 320 g/mol. The number of hydrogen-bond acceptors (Lipinski definition) is 4. The van der Waals surface area contributed by atoms with E-state index in [0.29, 0.717) is 6.54 Å². The number of benzene rings is 1. The molecule has 0 fully saturated rings. The Morgan fingerprint density at radius 3 is 2.09 bits per heavy atom. The maximum Gasteiger partial charge on any atom is 0.234 e. The molecule has 0 aliphatic rings. The van der Waals surface area contributed by atoms with Crippen LogP contribution < -0.4 is 15.5 Å². The van der Waals surface area contributed by atoms with E-state index in [1.165, 1.54) is 0 Å². The number of nitrogens with one attached hydrogen (secondary N) is 2. The Morgan fingerprint density at radius 1 is 1.00 bits per heavy atom. The summed E-state index contributed by atoms with van der Waals surface area (Å²) in [7, 11) is 5.73. The predicted octanol–water partition coefficient (Wildman–Crippen LogP) is 0.825. The van der Waals surface area contributed by atoms with Gasteiger partial charge in [-0.2, -0.15) is 0 Å². The lowest BCUT2D eigenvalue weighted by atomic mass is 10.2. The molecule has 128 valence electrons. The molecule has 1 aromatic carbocycles. The number of anilines is 1. The highest BCUT2D eigenvalue weighted by Crippen LogP contribution is 2.11. The number of likely N-dealkylation sites (N-methyl/N-ethyl adjacent to an activating group) is 1. The molecule has 0 saturated heterocycles. The Labute approximate surface area is 138 Å². The van der Waals surface area contributed by atoms with Crippen molar-refractivity contribution in [1.82, 2.24) is 15.5 Å². The van der Waals surface area contributed by atoms with Crippen LogP contribution in [0.2, 0.25) is 0 Å². The summed E-state index contributed by atoms with van der Waals surface area (Å²) in [5, 5.41) is 5.67. The second-order valence-corrected chi connectivity index (χ2v) is 6.23. The minimum atomic E-state index is -0.0958. The normalized spacial score (nSPS) is 10.7. The Morgan fingerprint density at radius 2 is 1.57 bits per heavy atom. The van der Waals surface area contributed by atoms with Gasteiger partial charge in [0.25, 0.3) is 0 Å². The fourth-order valence-electron chi connectivity index (χ4n) is 2.08. The molecule has 2 amide bonds. The standard InChI is InChI=1S/C17H28N4O2/c1-13(2)19-17(23)12-21(5)11-16(22)18-10-14-6-8-15(9-7-14)20(3)4/h6-9,13H,10-12H2,1-5H3,(H,18,22)(H,19,23). The maximum atomic E-state index is 11.9. The maximum absolute atomic E-state index is 11.9. The molecule has 0 atom stereocenters. The first-order chi connectivity index (χ1) is 10.8. The number of hydrogen-bond donors (Lipinski definition) is 2. The van der Waals surface area contributed by atoms with Gasteiger partial charge in [-0.15, -0.1) is 0 Å². The smallest absolute Gasteiger partial charge is 0.234 e. The van der Waals surface area contributed by atoms with Crippen molar-refractivity contribution in [2.24, 2.45) is 0 Å². The lowest BCUT2D eigenvalue weighted by Gasteiger charge is -2.17. The molecule has 6 nitrogen and oxygen atoms in total. The van der Waals surface area contributed by atoms with Gasteiger partial charge in [0.1, 0.15) is 0 Å². The van der Waals surface area contributed by atoms with Gasteiger partial charge in [0.2, 0.25) is 11.8 Å². The third kappa shape index (κ3) is 7.65. The van der Waals surface area contributed by atoms with Crippen molar-refractivity contribution >= 4 is 17.5 Å². The van der Waals surface area contributed by atoms with Crippen molar-refractivity contribution in [1.29, 1.82) is 0 Å². The second kappa shape index (κ2) is 9.15. The van der Waals surface area contributed by atoms with Gasteiger partial charge in [-0.1, -0.05) is 12.1 Å². The van der Waals surface area contributed by atoms with Crippen LogP contribution in [0.3, 0.4) is 0 Å². The number of rotatable bonds is 8. The highest BCUT2D eigenvalue weighted by molar-refractivity contribution is 5.81. The van der Waals surface area contributed by atoms with Gasteiger partial charge in [-0.3, -0.25) is 14.5 Å². The molecule has 2 N–H and O–H groups in total. The van der Waals surface area contributed by atoms with E-state index in [4.69, 9.17) is 0 Å². The van der Waals surface area contributed by atoms with Crippen LogP contribution in [0.5, 0.6) is 0 Å². The molecule has 0 unspecified atom stereocenters. The van der Waals surface area contributed by atoms with Crippen LogP contribution in [-0.2, 0) is 16.1 Å². The van der Waals surface area contributed by atoms with Gasteiger partial charge < -0.3 is 15.5 Å². The summed E-state index contributed by atoms with van der Waals surface area (Å²) < 4.78 is 0. The molecule has 1 rings (SSSR count). The summed E-state index contributed by atoms with van der Waals surface area (Å²) >= 11 is 0. The molecule has 23 heavy (non-hydrogen) atoms. The van der Waals surface area contributed by atoms with Crippen LogP contribution in [0.25, 0.3) is 0 Å². The summed E-state index contributed by atoms with van der Waals surface area (Å²) in [4.78, 5) is 27.3. The SMILES string of the molecule is CC(C)NC(=O)CN(C)CC(=O)NCc1ccc(N(C)C)cc1. The van der Waals surface area contributed by atoms with E-state index in [2.05, 4.69) is 10.6 Å². The van der Waals surface area contributed by atoms with Gasteiger partial charge in [-0.05, 0) is 38.6 Å². The van der Waals surface area contributed by atoms with Crippen LogP contribution in [-0.4, -0.2) is 57.0 Å². The van der Waals surface area contributed by atoms with E-state index in [1.54, 1.807) is 11.9 Å². The third-order valence-electron chi connectivity index (χ3n) is 3.22. The molecule has 0 radical (unpaired) electrons. The third-order valence-corrected chi connectivity index (χ3v) is 3.22. The Hall–Kier alpha value is -2.08. The van der Waals surface area contributed by atoms with E-state index in [-0.39, 0.29) is 30.9 Å². The zero-order valence-corrected chi connectivity index (χ0v) is 14.7. The van der Waals surface area contributed by atoms with Crippen molar-refractivity contribution in [2.75, 3.05) is 39.1 Å². The van der Waals surface area contributed by atoms with E-state index in [9.17, 15) is 9.59 Å². The Bertz CT molecular complexity index is 512. The first kappa shape index (κ1) is 19.0. The molecule has 1 aromatic rings. The minimum absolute atomic E-state index is 0.0745. The highest BCUT2D eigenvalue weighted by atomic mass is 16.2.